The maximum atomic E-state index is 12.6. The van der Waals surface area contributed by atoms with Crippen molar-refractivity contribution in [1.82, 2.24) is 9.71 Å². The smallest absolute Gasteiger partial charge is 0.244 e. The molecule has 0 unspecified atom stereocenters. The van der Waals surface area contributed by atoms with E-state index in [0.29, 0.717) is 12.4 Å². The predicted molar refractivity (Wildman–Crippen MR) is 86.9 cm³/mol. The first-order chi connectivity index (χ1) is 9.47. The molecular formula is C15H27N3O2S. The molecule has 0 fully saturated rings. The Kier molecular flexibility index (Phi) is 5.39. The largest absolute Gasteiger partial charge is 0.369 e. The number of hydrogen-bond acceptors (Lipinski definition) is 4. The Labute approximate surface area is 128 Å². The zero-order valence-electron chi connectivity index (χ0n) is 13.8. The molecule has 0 aliphatic heterocycles. The Bertz CT molecular complexity index is 575. The number of pyridine rings is 1. The van der Waals surface area contributed by atoms with Crippen molar-refractivity contribution in [2.24, 2.45) is 5.41 Å². The van der Waals surface area contributed by atoms with E-state index in [4.69, 9.17) is 0 Å². The van der Waals surface area contributed by atoms with Gasteiger partial charge < -0.3 is 5.32 Å². The van der Waals surface area contributed by atoms with E-state index >= 15 is 0 Å². The van der Waals surface area contributed by atoms with Crippen molar-refractivity contribution in [3.8, 4) is 0 Å². The molecule has 0 saturated carbocycles. The second-order valence-electron chi connectivity index (χ2n) is 7.11. The molecular weight excluding hydrogens is 286 g/mol. The lowest BCUT2D eigenvalue weighted by Gasteiger charge is -2.33. The lowest BCUT2D eigenvalue weighted by Crippen LogP contribution is -2.45. The van der Waals surface area contributed by atoms with Gasteiger partial charge in [-0.25, -0.2) is 18.1 Å². The molecule has 6 heteroatoms. The second-order valence-corrected chi connectivity index (χ2v) is 8.76. The number of sulfonamides is 1. The van der Waals surface area contributed by atoms with Gasteiger partial charge >= 0.3 is 0 Å². The normalized spacial score (nSPS) is 13.2. The number of anilines is 1. The van der Waals surface area contributed by atoms with Crippen molar-refractivity contribution in [3.05, 3.63) is 18.3 Å². The van der Waals surface area contributed by atoms with Gasteiger partial charge in [0.1, 0.15) is 10.7 Å². The van der Waals surface area contributed by atoms with Gasteiger partial charge in [0.05, 0.1) is 0 Å². The van der Waals surface area contributed by atoms with E-state index in [1.54, 1.807) is 18.3 Å². The maximum Gasteiger partial charge on any atom is 0.244 e. The van der Waals surface area contributed by atoms with Gasteiger partial charge in [-0.05, 0) is 44.7 Å². The summed E-state index contributed by atoms with van der Waals surface area (Å²) in [4.78, 5) is 4.30. The quantitative estimate of drug-likeness (QED) is 0.847. The molecule has 1 rings (SSSR count). The van der Waals surface area contributed by atoms with Gasteiger partial charge in [0.15, 0.2) is 0 Å². The van der Waals surface area contributed by atoms with Crippen LogP contribution in [0.2, 0.25) is 0 Å². The molecule has 0 atom stereocenters. The van der Waals surface area contributed by atoms with Crippen molar-refractivity contribution in [3.63, 3.8) is 0 Å². The molecule has 1 aromatic rings. The third kappa shape index (κ3) is 5.63. The average molecular weight is 313 g/mol. The topological polar surface area (TPSA) is 71.1 Å². The van der Waals surface area contributed by atoms with Gasteiger partial charge in [-0.3, -0.25) is 0 Å². The van der Waals surface area contributed by atoms with Crippen LogP contribution in [-0.2, 0) is 10.0 Å². The molecule has 21 heavy (non-hydrogen) atoms. The van der Waals surface area contributed by atoms with Crippen molar-refractivity contribution < 1.29 is 8.42 Å². The molecule has 0 aliphatic rings. The highest BCUT2D eigenvalue weighted by Crippen LogP contribution is 2.29. The fourth-order valence-corrected chi connectivity index (χ4v) is 4.23. The maximum absolute atomic E-state index is 12.6. The van der Waals surface area contributed by atoms with E-state index in [2.05, 4.69) is 35.8 Å². The fourth-order valence-electron chi connectivity index (χ4n) is 2.69. The minimum atomic E-state index is -3.62. The van der Waals surface area contributed by atoms with Crippen LogP contribution < -0.4 is 10.0 Å². The monoisotopic (exact) mass is 313 g/mol. The lowest BCUT2D eigenvalue weighted by atomic mass is 9.82. The van der Waals surface area contributed by atoms with Crippen LogP contribution in [0.15, 0.2) is 23.2 Å². The van der Waals surface area contributed by atoms with Crippen LogP contribution in [0.5, 0.6) is 0 Å². The van der Waals surface area contributed by atoms with Crippen molar-refractivity contribution >= 4 is 15.8 Å². The summed E-state index contributed by atoms with van der Waals surface area (Å²) in [6, 6.07) is 3.20. The minimum Gasteiger partial charge on any atom is -0.369 e. The summed E-state index contributed by atoms with van der Waals surface area (Å²) >= 11 is 0. The Morgan fingerprint density at radius 1 is 1.19 bits per heavy atom. The molecule has 0 aromatic carbocycles. The molecule has 120 valence electrons. The highest BCUT2D eigenvalue weighted by Gasteiger charge is 2.31. The van der Waals surface area contributed by atoms with Gasteiger partial charge in [-0.2, -0.15) is 0 Å². The summed E-state index contributed by atoms with van der Waals surface area (Å²) in [5.74, 6) is 0.388. The number of nitrogens with one attached hydrogen (secondary N) is 2. The lowest BCUT2D eigenvalue weighted by molar-refractivity contribution is 0.269. The highest BCUT2D eigenvalue weighted by atomic mass is 32.2. The summed E-state index contributed by atoms with van der Waals surface area (Å²) in [6.45, 7) is 12.6. The summed E-state index contributed by atoms with van der Waals surface area (Å²) in [5, 5.41) is 2.99. The molecule has 0 saturated heterocycles. The third-order valence-electron chi connectivity index (χ3n) is 2.79. The average Bonchev–Trinajstić information content (AvgIpc) is 2.24. The Balaban J connectivity index is 3.07. The SMILES string of the molecule is CCNc1ncccc1S(=O)(=O)NC(C)(C)CC(C)(C)C. The van der Waals surface area contributed by atoms with E-state index in [9.17, 15) is 8.42 Å². The molecule has 0 bridgehead atoms. The van der Waals surface area contributed by atoms with Crippen LogP contribution in [0, 0.1) is 5.41 Å². The molecule has 0 aliphatic carbocycles. The molecule has 1 aromatic heterocycles. The molecule has 0 spiro atoms. The number of aromatic nitrogens is 1. The Morgan fingerprint density at radius 2 is 1.81 bits per heavy atom. The van der Waals surface area contributed by atoms with E-state index in [1.807, 2.05) is 20.8 Å². The molecule has 0 radical (unpaired) electrons. The van der Waals surface area contributed by atoms with Gasteiger partial charge in [0, 0.05) is 18.3 Å². The van der Waals surface area contributed by atoms with Crippen molar-refractivity contribution in [2.45, 2.75) is 58.4 Å². The fraction of sp³-hybridized carbons (Fsp3) is 0.667. The molecule has 2 N–H and O–H groups in total. The number of hydrogen-bond donors (Lipinski definition) is 2. The van der Waals surface area contributed by atoms with Gasteiger partial charge in [0.25, 0.3) is 0 Å². The van der Waals surface area contributed by atoms with E-state index in [0.717, 1.165) is 6.42 Å². The molecule has 0 amide bonds. The summed E-state index contributed by atoms with van der Waals surface area (Å²) in [7, 11) is -3.62. The first-order valence-electron chi connectivity index (χ1n) is 7.20. The zero-order valence-corrected chi connectivity index (χ0v) is 14.6. The second kappa shape index (κ2) is 6.32. The summed E-state index contributed by atoms with van der Waals surface area (Å²) < 4.78 is 28.1. The van der Waals surface area contributed by atoms with Crippen molar-refractivity contribution in [1.29, 1.82) is 0 Å². The number of nitrogens with zero attached hydrogens (tertiary/aromatic N) is 1. The Hall–Kier alpha value is -1.14. The highest BCUT2D eigenvalue weighted by molar-refractivity contribution is 7.89. The molecule has 1 heterocycles. The summed E-state index contributed by atoms with van der Waals surface area (Å²) in [6.07, 6.45) is 2.31. The summed E-state index contributed by atoms with van der Waals surface area (Å²) in [5.41, 5.74) is -0.498. The van der Waals surface area contributed by atoms with E-state index in [-0.39, 0.29) is 10.3 Å². The minimum absolute atomic E-state index is 0.0332. The van der Waals surface area contributed by atoms with Crippen LogP contribution in [0.4, 0.5) is 5.82 Å². The Morgan fingerprint density at radius 3 is 2.33 bits per heavy atom. The van der Waals surface area contributed by atoms with Crippen LogP contribution >= 0.6 is 0 Å². The molecule has 5 nitrogen and oxygen atoms in total. The van der Waals surface area contributed by atoms with Crippen LogP contribution in [0.3, 0.4) is 0 Å². The van der Waals surface area contributed by atoms with Crippen molar-refractivity contribution in [2.75, 3.05) is 11.9 Å². The first kappa shape index (κ1) is 17.9. The van der Waals surface area contributed by atoms with Gasteiger partial charge in [-0.1, -0.05) is 20.8 Å². The third-order valence-corrected chi connectivity index (χ3v) is 4.52. The first-order valence-corrected chi connectivity index (χ1v) is 8.68. The van der Waals surface area contributed by atoms with Gasteiger partial charge in [0.2, 0.25) is 10.0 Å². The number of rotatable bonds is 6. The zero-order chi connectivity index (χ0) is 16.3. The predicted octanol–water partition coefficient (Wildman–Crippen LogP) is 3.01. The van der Waals surface area contributed by atoms with Crippen LogP contribution in [0.1, 0.15) is 48.0 Å². The van der Waals surface area contributed by atoms with Crippen LogP contribution in [-0.4, -0.2) is 25.5 Å². The van der Waals surface area contributed by atoms with E-state index in [1.165, 1.54) is 0 Å². The van der Waals surface area contributed by atoms with Crippen LogP contribution in [0.25, 0.3) is 0 Å². The standard InChI is InChI=1S/C15H27N3O2S/c1-7-16-13-12(9-8-10-17-13)21(19,20)18-15(5,6)11-14(2,3)4/h8-10,18H,7,11H2,1-6H3,(H,16,17). The van der Waals surface area contributed by atoms with E-state index < -0.39 is 15.6 Å². The van der Waals surface area contributed by atoms with Gasteiger partial charge in [-0.15, -0.1) is 0 Å².